The summed E-state index contributed by atoms with van der Waals surface area (Å²) in [7, 11) is 0. The zero-order chi connectivity index (χ0) is 11.8. The lowest BCUT2D eigenvalue weighted by atomic mass is 9.69. The summed E-state index contributed by atoms with van der Waals surface area (Å²) in [5.41, 5.74) is 6.69. The van der Waals surface area contributed by atoms with Crippen molar-refractivity contribution in [1.82, 2.24) is 0 Å². The third kappa shape index (κ3) is 2.99. The van der Waals surface area contributed by atoms with E-state index in [-0.39, 0.29) is 0 Å². The van der Waals surface area contributed by atoms with Gasteiger partial charge in [0.1, 0.15) is 0 Å². The first kappa shape index (κ1) is 12.4. The molecule has 1 heterocycles. The molecule has 1 saturated carbocycles. The lowest BCUT2D eigenvalue weighted by Crippen LogP contribution is -2.40. The summed E-state index contributed by atoms with van der Waals surface area (Å²) in [6.07, 6.45) is 4.76. The Kier molecular flexibility index (Phi) is 3.62. The van der Waals surface area contributed by atoms with Gasteiger partial charge in [0.2, 0.25) is 0 Å². The van der Waals surface area contributed by atoms with E-state index in [4.69, 9.17) is 17.3 Å². The summed E-state index contributed by atoms with van der Waals surface area (Å²) in [5, 5.41) is 0. The Morgan fingerprint density at radius 2 is 2.25 bits per heavy atom. The second-order valence-electron chi connectivity index (χ2n) is 5.74. The van der Waals surface area contributed by atoms with Gasteiger partial charge >= 0.3 is 0 Å². The van der Waals surface area contributed by atoms with Crippen molar-refractivity contribution in [3.05, 3.63) is 21.3 Å². The van der Waals surface area contributed by atoms with Crippen LogP contribution in [0.2, 0.25) is 4.34 Å². The molecule has 1 aliphatic rings. The summed E-state index contributed by atoms with van der Waals surface area (Å²) in [6, 6.07) is 4.50. The first-order valence-corrected chi connectivity index (χ1v) is 7.15. The van der Waals surface area contributed by atoms with Crippen molar-refractivity contribution in [2.75, 3.05) is 0 Å². The van der Waals surface area contributed by atoms with Crippen LogP contribution in [0.5, 0.6) is 0 Å². The van der Waals surface area contributed by atoms with Gasteiger partial charge in [0.25, 0.3) is 0 Å². The van der Waals surface area contributed by atoms with E-state index in [2.05, 4.69) is 19.9 Å². The van der Waals surface area contributed by atoms with E-state index < -0.39 is 0 Å². The van der Waals surface area contributed by atoms with Crippen molar-refractivity contribution in [3.8, 4) is 0 Å². The predicted molar refractivity (Wildman–Crippen MR) is 72.1 cm³/mol. The van der Waals surface area contributed by atoms with Gasteiger partial charge in [-0.2, -0.15) is 0 Å². The molecular formula is C13H20ClNS. The maximum atomic E-state index is 6.23. The monoisotopic (exact) mass is 257 g/mol. The highest BCUT2D eigenvalue weighted by atomic mass is 35.5. The summed E-state index contributed by atoms with van der Waals surface area (Å²) < 4.78 is 0.888. The van der Waals surface area contributed by atoms with Crippen molar-refractivity contribution in [1.29, 1.82) is 0 Å². The fourth-order valence-corrected chi connectivity index (χ4v) is 3.88. The van der Waals surface area contributed by atoms with E-state index in [9.17, 15) is 0 Å². The first-order valence-electron chi connectivity index (χ1n) is 5.96. The van der Waals surface area contributed by atoms with Crippen LogP contribution in [-0.4, -0.2) is 6.04 Å². The Bertz CT molecular complexity index is 359. The van der Waals surface area contributed by atoms with Gasteiger partial charge in [-0.05, 0) is 49.1 Å². The number of thiophene rings is 1. The van der Waals surface area contributed by atoms with Gasteiger partial charge in [0, 0.05) is 10.9 Å². The molecule has 0 spiro atoms. The van der Waals surface area contributed by atoms with Gasteiger partial charge in [0.05, 0.1) is 4.34 Å². The minimum absolute atomic E-state index is 0.369. The molecule has 1 nitrogen and oxygen atoms in total. The molecule has 2 atom stereocenters. The summed E-state index contributed by atoms with van der Waals surface area (Å²) in [6.45, 7) is 4.71. The van der Waals surface area contributed by atoms with E-state index in [0.717, 1.165) is 17.2 Å². The van der Waals surface area contributed by atoms with E-state index >= 15 is 0 Å². The highest BCUT2D eigenvalue weighted by Crippen LogP contribution is 2.40. The van der Waals surface area contributed by atoms with Crippen LogP contribution in [0.25, 0.3) is 0 Å². The molecule has 0 amide bonds. The van der Waals surface area contributed by atoms with Gasteiger partial charge < -0.3 is 5.73 Å². The van der Waals surface area contributed by atoms with Crippen molar-refractivity contribution < 1.29 is 0 Å². The molecule has 0 saturated heterocycles. The topological polar surface area (TPSA) is 26.0 Å². The Balaban J connectivity index is 2.02. The highest BCUT2D eigenvalue weighted by Gasteiger charge is 2.33. The minimum Gasteiger partial charge on any atom is -0.327 e. The van der Waals surface area contributed by atoms with Gasteiger partial charge in [-0.3, -0.25) is 0 Å². The number of hydrogen-bond donors (Lipinski definition) is 1. The molecule has 0 aliphatic heterocycles. The molecule has 3 heteroatoms. The molecule has 0 aromatic carbocycles. The van der Waals surface area contributed by atoms with Gasteiger partial charge in [-0.1, -0.05) is 25.4 Å². The van der Waals surface area contributed by atoms with Crippen LogP contribution in [0.1, 0.15) is 38.0 Å². The third-order valence-corrected chi connectivity index (χ3v) is 4.92. The van der Waals surface area contributed by atoms with Crippen molar-refractivity contribution in [2.45, 2.75) is 45.6 Å². The molecule has 1 aliphatic carbocycles. The van der Waals surface area contributed by atoms with Crippen LogP contribution in [0, 0.1) is 11.3 Å². The normalized spacial score (nSPS) is 29.2. The second kappa shape index (κ2) is 4.67. The van der Waals surface area contributed by atoms with E-state index in [1.807, 2.05) is 6.07 Å². The smallest absolute Gasteiger partial charge is 0.0931 e. The van der Waals surface area contributed by atoms with Crippen molar-refractivity contribution in [2.24, 2.45) is 17.1 Å². The Morgan fingerprint density at radius 3 is 2.88 bits per heavy atom. The quantitative estimate of drug-likeness (QED) is 0.848. The van der Waals surface area contributed by atoms with Crippen molar-refractivity contribution in [3.63, 3.8) is 0 Å². The molecular weight excluding hydrogens is 238 g/mol. The first-order chi connectivity index (χ1) is 7.46. The Hall–Kier alpha value is -0.0500. The Morgan fingerprint density at radius 1 is 1.50 bits per heavy atom. The molecule has 16 heavy (non-hydrogen) atoms. The standard InChI is InChI=1S/C13H20ClNS/c1-13(2)6-5-11(15)9(8-13)7-10-3-4-12(14)16-10/h3-4,9,11H,5-8,15H2,1-2H3. The molecule has 1 aromatic heterocycles. The van der Waals surface area contributed by atoms with E-state index in [1.165, 1.54) is 17.7 Å². The molecule has 1 aromatic rings. The van der Waals surface area contributed by atoms with Crippen LogP contribution in [-0.2, 0) is 6.42 Å². The summed E-state index contributed by atoms with van der Waals surface area (Å²) in [5.74, 6) is 0.624. The zero-order valence-electron chi connectivity index (χ0n) is 10.0. The average Bonchev–Trinajstić information content (AvgIpc) is 2.58. The fraction of sp³-hybridized carbons (Fsp3) is 0.692. The van der Waals surface area contributed by atoms with Gasteiger partial charge in [0.15, 0.2) is 0 Å². The average molecular weight is 258 g/mol. The maximum absolute atomic E-state index is 6.23. The maximum Gasteiger partial charge on any atom is 0.0931 e. The number of rotatable bonds is 2. The number of halogens is 1. The highest BCUT2D eigenvalue weighted by molar-refractivity contribution is 7.16. The second-order valence-corrected chi connectivity index (χ2v) is 7.54. The van der Waals surface area contributed by atoms with Crippen LogP contribution in [0.15, 0.2) is 12.1 Å². The zero-order valence-corrected chi connectivity index (χ0v) is 11.6. The summed E-state index contributed by atoms with van der Waals surface area (Å²) >= 11 is 7.65. The van der Waals surface area contributed by atoms with Crippen molar-refractivity contribution >= 4 is 22.9 Å². The summed E-state index contributed by atoms with van der Waals surface area (Å²) in [4.78, 5) is 1.38. The molecule has 0 bridgehead atoms. The van der Waals surface area contributed by atoms with E-state index in [0.29, 0.717) is 17.4 Å². The predicted octanol–water partition coefficient (Wildman–Crippen LogP) is 4.10. The van der Waals surface area contributed by atoms with Crippen LogP contribution in [0.3, 0.4) is 0 Å². The third-order valence-electron chi connectivity index (χ3n) is 3.67. The molecule has 0 radical (unpaired) electrons. The van der Waals surface area contributed by atoms with Gasteiger partial charge in [-0.15, -0.1) is 11.3 Å². The number of hydrogen-bond acceptors (Lipinski definition) is 2. The minimum atomic E-state index is 0.369. The van der Waals surface area contributed by atoms with Crippen LogP contribution in [0.4, 0.5) is 0 Å². The lowest BCUT2D eigenvalue weighted by Gasteiger charge is -2.39. The SMILES string of the molecule is CC1(C)CCC(N)C(Cc2ccc(Cl)s2)C1. The molecule has 2 N–H and O–H groups in total. The van der Waals surface area contributed by atoms with Crippen LogP contribution >= 0.6 is 22.9 Å². The van der Waals surface area contributed by atoms with E-state index in [1.54, 1.807) is 11.3 Å². The fourth-order valence-electron chi connectivity index (χ4n) is 2.70. The Labute approximate surface area is 107 Å². The largest absolute Gasteiger partial charge is 0.327 e. The van der Waals surface area contributed by atoms with Gasteiger partial charge in [-0.25, -0.2) is 0 Å². The lowest BCUT2D eigenvalue weighted by molar-refractivity contribution is 0.157. The molecule has 1 fully saturated rings. The molecule has 2 rings (SSSR count). The molecule has 90 valence electrons. The molecule has 2 unspecified atom stereocenters. The van der Waals surface area contributed by atoms with Crippen LogP contribution < -0.4 is 5.73 Å². The number of nitrogens with two attached hydrogens (primary N) is 1.